The molecule has 4 aromatic rings. The van der Waals surface area contributed by atoms with Gasteiger partial charge in [0.05, 0.1) is 16.3 Å². The molecule has 0 aliphatic carbocycles. The second kappa shape index (κ2) is 14.3. The lowest BCUT2D eigenvalue weighted by Gasteiger charge is -2.36. The molecule has 2 aliphatic rings. The van der Waals surface area contributed by atoms with Gasteiger partial charge in [0.25, 0.3) is 0 Å². The van der Waals surface area contributed by atoms with Crippen LogP contribution in [0.15, 0.2) is 90.2 Å². The predicted molar refractivity (Wildman–Crippen MR) is 179 cm³/mol. The Labute approximate surface area is 272 Å². The molecule has 2 aliphatic heterocycles. The Bertz CT molecular complexity index is 1740. The summed E-state index contributed by atoms with van der Waals surface area (Å²) in [6.45, 7) is 1.41. The van der Waals surface area contributed by atoms with Crippen LogP contribution in [0.1, 0.15) is 46.4 Å². The predicted octanol–water partition coefficient (Wildman–Crippen LogP) is 7.98. The van der Waals surface area contributed by atoms with Crippen molar-refractivity contribution < 1.29 is 23.4 Å². The van der Waals surface area contributed by atoms with E-state index in [0.29, 0.717) is 64.9 Å². The maximum absolute atomic E-state index is 15.5. The van der Waals surface area contributed by atoms with E-state index in [0.717, 1.165) is 25.0 Å². The first-order valence-electron chi connectivity index (χ1n) is 15.3. The number of fused-ring (bicyclic) bond motifs is 1. The fourth-order valence-corrected chi connectivity index (χ4v) is 6.34. The SMILES string of the molecule is COC(OC)C1CCN(c2ccc(NC3=N/C=C\CCc4[nH]cc(C(=O)c5ccc(Oc6ccccc6)cc5Cl)c43)cc2F)CC1. The Balaban J connectivity index is 1.22. The number of amidine groups is 1. The van der Waals surface area contributed by atoms with Gasteiger partial charge >= 0.3 is 0 Å². The fraction of sp³-hybridized carbons (Fsp3) is 0.278. The molecule has 0 saturated carbocycles. The Morgan fingerprint density at radius 1 is 1.02 bits per heavy atom. The topological polar surface area (TPSA) is 88.2 Å². The number of hydrogen-bond donors (Lipinski definition) is 2. The number of carbonyl (C=O) groups excluding carboxylic acids is 1. The zero-order valence-corrected chi connectivity index (χ0v) is 26.5. The maximum atomic E-state index is 15.5. The lowest BCUT2D eigenvalue weighted by atomic mass is 9.95. The summed E-state index contributed by atoms with van der Waals surface area (Å²) in [6.07, 6.45) is 8.20. The summed E-state index contributed by atoms with van der Waals surface area (Å²) in [5.41, 5.74) is 3.30. The zero-order chi connectivity index (χ0) is 32.0. The van der Waals surface area contributed by atoms with Crippen molar-refractivity contribution in [2.24, 2.45) is 10.9 Å². The number of nitrogens with zero attached hydrogens (tertiary/aromatic N) is 2. The number of para-hydroxylation sites is 1. The van der Waals surface area contributed by atoms with E-state index in [2.05, 4.69) is 20.2 Å². The second-order valence-corrected chi connectivity index (χ2v) is 11.7. The van der Waals surface area contributed by atoms with E-state index in [1.807, 2.05) is 42.5 Å². The molecule has 8 nitrogen and oxygen atoms in total. The molecule has 3 aromatic carbocycles. The molecule has 0 unspecified atom stereocenters. The van der Waals surface area contributed by atoms with Gasteiger partial charge in [0.2, 0.25) is 0 Å². The normalized spacial score (nSPS) is 15.9. The standard InChI is InChI=1S/C36H36ClFN4O4/c1-44-36(45-2)23-15-18-42(19-16-23)32-14-11-24(20-30(32)38)41-35-33-28(22-40-31(33)10-6-7-17-39-35)34(43)27-13-12-26(21-29(27)37)46-25-8-4-3-5-9-25/h3-5,7-9,11-14,17,20-23,36,40H,6,10,15-16,18-19H2,1-2H3,(H,39,41)/b17-7-. The number of halogens is 2. The maximum Gasteiger partial charge on any atom is 0.196 e. The number of rotatable bonds is 9. The minimum absolute atomic E-state index is 0.253. The largest absolute Gasteiger partial charge is 0.457 e. The molecular weight excluding hydrogens is 607 g/mol. The number of hydrogen-bond acceptors (Lipinski definition) is 7. The van der Waals surface area contributed by atoms with Gasteiger partial charge in [-0.25, -0.2) is 9.38 Å². The molecule has 1 fully saturated rings. The van der Waals surface area contributed by atoms with Crippen molar-refractivity contribution in [1.29, 1.82) is 0 Å². The van der Waals surface area contributed by atoms with Gasteiger partial charge in [0.15, 0.2) is 12.1 Å². The van der Waals surface area contributed by atoms with E-state index >= 15 is 4.39 Å². The number of aromatic nitrogens is 1. The molecule has 10 heteroatoms. The molecule has 2 N–H and O–H groups in total. The minimum Gasteiger partial charge on any atom is -0.457 e. The van der Waals surface area contributed by atoms with Gasteiger partial charge in [0.1, 0.15) is 23.2 Å². The van der Waals surface area contributed by atoms with Crippen molar-refractivity contribution in [2.75, 3.05) is 37.5 Å². The van der Waals surface area contributed by atoms with Gasteiger partial charge in [-0.2, -0.15) is 0 Å². The molecular formula is C36H36ClFN4O4. The highest BCUT2D eigenvalue weighted by atomic mass is 35.5. The number of ketones is 1. The van der Waals surface area contributed by atoms with Crippen LogP contribution < -0.4 is 15.0 Å². The molecule has 6 rings (SSSR count). The van der Waals surface area contributed by atoms with Crippen molar-refractivity contribution in [3.63, 3.8) is 0 Å². The van der Waals surface area contributed by atoms with Gasteiger partial charge in [-0.05, 0) is 68.1 Å². The van der Waals surface area contributed by atoms with Crippen LogP contribution in [0.2, 0.25) is 5.02 Å². The van der Waals surface area contributed by atoms with E-state index < -0.39 is 0 Å². The molecule has 0 bridgehead atoms. The Kier molecular flexibility index (Phi) is 9.82. The summed E-state index contributed by atoms with van der Waals surface area (Å²) >= 11 is 6.62. The summed E-state index contributed by atoms with van der Waals surface area (Å²) in [6, 6.07) is 19.5. The molecule has 3 heterocycles. The third-order valence-corrected chi connectivity index (χ3v) is 8.73. The molecule has 0 spiro atoms. The highest BCUT2D eigenvalue weighted by Gasteiger charge is 2.28. The molecule has 0 radical (unpaired) electrons. The molecule has 1 aromatic heterocycles. The minimum atomic E-state index is -0.337. The molecule has 0 amide bonds. The van der Waals surface area contributed by atoms with E-state index in [1.165, 1.54) is 6.07 Å². The van der Waals surface area contributed by atoms with Gasteiger partial charge < -0.3 is 29.4 Å². The molecule has 238 valence electrons. The fourth-order valence-electron chi connectivity index (χ4n) is 6.09. The highest BCUT2D eigenvalue weighted by molar-refractivity contribution is 6.35. The van der Waals surface area contributed by atoms with Crippen LogP contribution in [0.4, 0.5) is 15.8 Å². The van der Waals surface area contributed by atoms with Crippen LogP contribution in [0, 0.1) is 11.7 Å². The number of aliphatic imine (C=N–C) groups is 1. The van der Waals surface area contributed by atoms with Gasteiger partial charge in [-0.15, -0.1) is 0 Å². The number of allylic oxidation sites excluding steroid dienone is 1. The van der Waals surface area contributed by atoms with Gasteiger partial charge in [-0.1, -0.05) is 35.9 Å². The third-order valence-electron chi connectivity index (χ3n) is 8.42. The lowest BCUT2D eigenvalue weighted by Crippen LogP contribution is -2.39. The van der Waals surface area contributed by atoms with Crippen molar-refractivity contribution in [3.8, 4) is 11.5 Å². The number of aromatic amines is 1. The summed E-state index contributed by atoms with van der Waals surface area (Å²) in [7, 11) is 3.29. The van der Waals surface area contributed by atoms with Crippen LogP contribution in [0.3, 0.4) is 0 Å². The monoisotopic (exact) mass is 642 g/mol. The molecule has 1 saturated heterocycles. The highest BCUT2D eigenvalue weighted by Crippen LogP contribution is 2.32. The Hall–Kier alpha value is -4.44. The lowest BCUT2D eigenvalue weighted by molar-refractivity contribution is -0.141. The average molecular weight is 643 g/mol. The number of methoxy groups -OCH3 is 2. The zero-order valence-electron chi connectivity index (χ0n) is 25.8. The quantitative estimate of drug-likeness (QED) is 0.142. The third kappa shape index (κ3) is 6.87. The van der Waals surface area contributed by atoms with Crippen LogP contribution in [-0.4, -0.2) is 50.2 Å². The molecule has 0 atom stereocenters. The van der Waals surface area contributed by atoms with E-state index in [4.69, 9.17) is 25.8 Å². The number of benzene rings is 3. The van der Waals surface area contributed by atoms with Crippen LogP contribution >= 0.6 is 11.6 Å². The smallest absolute Gasteiger partial charge is 0.196 e. The number of piperidine rings is 1. The van der Waals surface area contributed by atoms with Crippen molar-refractivity contribution in [3.05, 3.63) is 118 Å². The van der Waals surface area contributed by atoms with Crippen molar-refractivity contribution in [1.82, 2.24) is 4.98 Å². The van der Waals surface area contributed by atoms with Crippen LogP contribution in [0.25, 0.3) is 0 Å². The van der Waals surface area contributed by atoms with Gasteiger partial charge in [0, 0.05) is 74.2 Å². The average Bonchev–Trinajstić information content (AvgIpc) is 3.47. The van der Waals surface area contributed by atoms with E-state index in [1.54, 1.807) is 50.9 Å². The molecule has 46 heavy (non-hydrogen) atoms. The van der Waals surface area contributed by atoms with Crippen molar-refractivity contribution >= 4 is 34.6 Å². The van der Waals surface area contributed by atoms with Gasteiger partial charge in [-0.3, -0.25) is 4.79 Å². The Morgan fingerprint density at radius 2 is 1.80 bits per heavy atom. The number of anilines is 2. The number of nitrogens with one attached hydrogen (secondary N) is 2. The number of H-pyrrole nitrogens is 1. The van der Waals surface area contributed by atoms with Crippen LogP contribution in [-0.2, 0) is 15.9 Å². The number of carbonyl (C=O) groups is 1. The number of aryl methyl sites for hydroxylation is 1. The summed E-state index contributed by atoms with van der Waals surface area (Å²) < 4.78 is 32.3. The Morgan fingerprint density at radius 3 is 2.52 bits per heavy atom. The van der Waals surface area contributed by atoms with E-state index in [-0.39, 0.29) is 28.8 Å². The van der Waals surface area contributed by atoms with Crippen LogP contribution in [0.5, 0.6) is 11.5 Å². The first-order chi connectivity index (χ1) is 22.4. The second-order valence-electron chi connectivity index (χ2n) is 11.3. The van der Waals surface area contributed by atoms with E-state index in [9.17, 15) is 4.79 Å². The summed E-state index contributed by atoms with van der Waals surface area (Å²) in [5.74, 6) is 1.30. The summed E-state index contributed by atoms with van der Waals surface area (Å²) in [5, 5.41) is 3.55. The number of ether oxygens (including phenoxy) is 3. The van der Waals surface area contributed by atoms with Crippen molar-refractivity contribution in [2.45, 2.75) is 32.0 Å². The first-order valence-corrected chi connectivity index (χ1v) is 15.7. The first kappa shape index (κ1) is 31.5. The summed E-state index contributed by atoms with van der Waals surface area (Å²) in [4.78, 5) is 23.9.